The van der Waals surface area contributed by atoms with E-state index in [4.69, 9.17) is 11.6 Å². The lowest BCUT2D eigenvalue weighted by molar-refractivity contribution is 1.13. The average molecular weight is 305 g/mol. The maximum atomic E-state index is 6.06. The van der Waals surface area contributed by atoms with Crippen LogP contribution >= 0.6 is 22.9 Å². The first-order chi connectivity index (χ1) is 9.67. The van der Waals surface area contributed by atoms with E-state index < -0.39 is 0 Å². The van der Waals surface area contributed by atoms with E-state index in [-0.39, 0.29) is 0 Å². The van der Waals surface area contributed by atoms with E-state index in [1.807, 2.05) is 37.4 Å². The van der Waals surface area contributed by atoms with E-state index in [0.29, 0.717) is 10.8 Å². The molecule has 0 fully saturated rings. The fourth-order valence-corrected chi connectivity index (χ4v) is 2.75. The van der Waals surface area contributed by atoms with Crippen LogP contribution in [0.1, 0.15) is 11.9 Å². The van der Waals surface area contributed by atoms with Gasteiger partial charge in [-0.25, -0.2) is 15.0 Å². The topological polar surface area (TPSA) is 50.7 Å². The molecule has 3 aromatic rings. The molecule has 0 unspecified atom stereocenters. The van der Waals surface area contributed by atoms with Gasteiger partial charge in [-0.05, 0) is 32.0 Å². The molecule has 2 aromatic heterocycles. The van der Waals surface area contributed by atoms with Crippen molar-refractivity contribution in [3.63, 3.8) is 0 Å². The van der Waals surface area contributed by atoms with Crippen molar-refractivity contribution in [1.29, 1.82) is 0 Å². The number of hydrogen-bond acceptors (Lipinski definition) is 5. The lowest BCUT2D eigenvalue weighted by Gasteiger charge is -2.08. The van der Waals surface area contributed by atoms with Gasteiger partial charge in [0.25, 0.3) is 0 Å². The van der Waals surface area contributed by atoms with Gasteiger partial charge in [0.2, 0.25) is 0 Å². The molecule has 0 saturated carbocycles. The first-order valence-corrected chi connectivity index (χ1v) is 7.57. The average Bonchev–Trinajstić information content (AvgIpc) is 2.86. The first-order valence-electron chi connectivity index (χ1n) is 6.31. The molecule has 0 atom stereocenters. The van der Waals surface area contributed by atoms with E-state index in [1.165, 1.54) is 0 Å². The van der Waals surface area contributed by atoms with E-state index in [1.54, 1.807) is 11.3 Å². The summed E-state index contributed by atoms with van der Waals surface area (Å²) < 4.78 is 0. The van der Waals surface area contributed by atoms with Crippen LogP contribution in [0.4, 0.5) is 5.82 Å². The molecule has 1 aromatic carbocycles. The van der Waals surface area contributed by atoms with Gasteiger partial charge < -0.3 is 5.32 Å². The van der Waals surface area contributed by atoms with Crippen molar-refractivity contribution in [2.75, 3.05) is 11.9 Å². The third kappa shape index (κ3) is 2.46. The van der Waals surface area contributed by atoms with Crippen LogP contribution in [0, 0.1) is 6.92 Å². The summed E-state index contributed by atoms with van der Waals surface area (Å²) in [6.45, 7) is 4.79. The van der Waals surface area contributed by atoms with Crippen molar-refractivity contribution in [1.82, 2.24) is 15.0 Å². The maximum Gasteiger partial charge on any atom is 0.181 e. The zero-order chi connectivity index (χ0) is 14.1. The van der Waals surface area contributed by atoms with Gasteiger partial charge in [-0.1, -0.05) is 11.6 Å². The van der Waals surface area contributed by atoms with Gasteiger partial charge in [0.1, 0.15) is 11.5 Å². The summed E-state index contributed by atoms with van der Waals surface area (Å²) in [6.07, 6.45) is 0. The molecule has 0 amide bonds. The van der Waals surface area contributed by atoms with Crippen LogP contribution in [-0.2, 0) is 0 Å². The number of fused-ring (bicyclic) bond motifs is 1. The molecule has 0 aliphatic rings. The van der Waals surface area contributed by atoms with Crippen molar-refractivity contribution in [3.05, 3.63) is 33.6 Å². The molecular weight excluding hydrogens is 292 g/mol. The first kappa shape index (κ1) is 13.3. The fraction of sp³-hybridized carbons (Fsp3) is 0.214. The highest BCUT2D eigenvalue weighted by Gasteiger charge is 2.11. The number of aromatic nitrogens is 3. The normalized spacial score (nSPS) is 10.9. The molecule has 102 valence electrons. The molecule has 4 nitrogen and oxygen atoms in total. The van der Waals surface area contributed by atoms with E-state index in [2.05, 4.69) is 20.3 Å². The van der Waals surface area contributed by atoms with E-state index in [0.717, 1.165) is 34.0 Å². The highest BCUT2D eigenvalue weighted by molar-refractivity contribution is 7.09. The highest BCUT2D eigenvalue weighted by Crippen LogP contribution is 2.27. The third-order valence-corrected chi connectivity index (χ3v) is 3.86. The number of anilines is 1. The Morgan fingerprint density at radius 3 is 2.80 bits per heavy atom. The fourth-order valence-electron chi connectivity index (χ4n) is 1.98. The van der Waals surface area contributed by atoms with Crippen molar-refractivity contribution in [2.24, 2.45) is 0 Å². The second-order valence-electron chi connectivity index (χ2n) is 4.34. The summed E-state index contributed by atoms with van der Waals surface area (Å²) in [5.41, 5.74) is 1.67. The van der Waals surface area contributed by atoms with Gasteiger partial charge in [-0.3, -0.25) is 0 Å². The van der Waals surface area contributed by atoms with Gasteiger partial charge >= 0.3 is 0 Å². The Balaban J connectivity index is 2.22. The van der Waals surface area contributed by atoms with Crippen molar-refractivity contribution in [3.8, 4) is 11.5 Å². The minimum Gasteiger partial charge on any atom is -0.370 e. The minimum atomic E-state index is 0.639. The monoisotopic (exact) mass is 304 g/mol. The van der Waals surface area contributed by atoms with E-state index in [9.17, 15) is 0 Å². The number of halogens is 1. The number of aryl methyl sites for hydroxylation is 1. The minimum absolute atomic E-state index is 0.639. The number of hydrogen-bond donors (Lipinski definition) is 1. The Kier molecular flexibility index (Phi) is 3.54. The number of thiazole rings is 1. The smallest absolute Gasteiger partial charge is 0.181 e. The molecule has 1 N–H and O–H groups in total. The molecule has 0 bridgehead atoms. The molecule has 0 spiro atoms. The SMILES string of the molecule is CCNc1nc(-c2csc(C)n2)nc2ccc(Cl)cc12. The molecule has 2 heterocycles. The lowest BCUT2D eigenvalue weighted by Crippen LogP contribution is -2.03. The molecular formula is C14H13ClN4S. The highest BCUT2D eigenvalue weighted by atomic mass is 35.5. The van der Waals surface area contributed by atoms with Gasteiger partial charge in [0.15, 0.2) is 5.82 Å². The molecule has 0 radical (unpaired) electrons. The zero-order valence-corrected chi connectivity index (χ0v) is 12.7. The predicted molar refractivity (Wildman–Crippen MR) is 84.6 cm³/mol. The largest absolute Gasteiger partial charge is 0.370 e. The zero-order valence-electron chi connectivity index (χ0n) is 11.1. The van der Waals surface area contributed by atoms with Gasteiger partial charge in [-0.2, -0.15) is 0 Å². The molecule has 20 heavy (non-hydrogen) atoms. The second kappa shape index (κ2) is 5.34. The molecule has 3 rings (SSSR count). The Hall–Kier alpha value is -1.72. The van der Waals surface area contributed by atoms with Gasteiger partial charge in [0, 0.05) is 22.3 Å². The maximum absolute atomic E-state index is 6.06. The second-order valence-corrected chi connectivity index (χ2v) is 5.84. The standard InChI is InChI=1S/C14H13ClN4S/c1-3-16-13-10-6-9(15)4-5-11(10)18-14(19-13)12-7-20-8(2)17-12/h4-7H,3H2,1-2H3,(H,16,18,19). The Bertz CT molecular complexity index is 769. The number of nitrogens with one attached hydrogen (secondary N) is 1. The van der Waals surface area contributed by atoms with Crippen molar-refractivity contribution in [2.45, 2.75) is 13.8 Å². The third-order valence-electron chi connectivity index (χ3n) is 2.85. The van der Waals surface area contributed by atoms with Crippen LogP contribution in [0.2, 0.25) is 5.02 Å². The van der Waals surface area contributed by atoms with Crippen LogP contribution < -0.4 is 5.32 Å². The van der Waals surface area contributed by atoms with Crippen molar-refractivity contribution < 1.29 is 0 Å². The van der Waals surface area contributed by atoms with Gasteiger partial charge in [-0.15, -0.1) is 11.3 Å². The summed E-state index contributed by atoms with van der Waals surface area (Å²) in [4.78, 5) is 13.6. The van der Waals surface area contributed by atoms with Crippen molar-refractivity contribution >= 4 is 39.7 Å². The predicted octanol–water partition coefficient (Wildman–Crippen LogP) is 4.15. The Morgan fingerprint density at radius 2 is 2.10 bits per heavy atom. The number of rotatable bonds is 3. The molecule has 6 heteroatoms. The summed E-state index contributed by atoms with van der Waals surface area (Å²) >= 11 is 7.65. The van der Waals surface area contributed by atoms with Crippen LogP contribution in [0.3, 0.4) is 0 Å². The number of benzene rings is 1. The number of nitrogens with zero attached hydrogens (tertiary/aromatic N) is 3. The van der Waals surface area contributed by atoms with Crippen LogP contribution in [0.15, 0.2) is 23.6 Å². The van der Waals surface area contributed by atoms with E-state index >= 15 is 0 Å². The summed E-state index contributed by atoms with van der Waals surface area (Å²) in [6, 6.07) is 5.62. The molecule has 0 aliphatic carbocycles. The molecule has 0 saturated heterocycles. The molecule has 0 aliphatic heterocycles. The Labute approximate surface area is 125 Å². The summed E-state index contributed by atoms with van der Waals surface area (Å²) in [5.74, 6) is 1.43. The summed E-state index contributed by atoms with van der Waals surface area (Å²) in [5, 5.41) is 7.84. The van der Waals surface area contributed by atoms with Gasteiger partial charge in [0.05, 0.1) is 10.5 Å². The Morgan fingerprint density at radius 1 is 1.25 bits per heavy atom. The van der Waals surface area contributed by atoms with Crippen LogP contribution in [0.5, 0.6) is 0 Å². The quantitative estimate of drug-likeness (QED) is 0.790. The summed E-state index contributed by atoms with van der Waals surface area (Å²) in [7, 11) is 0. The lowest BCUT2D eigenvalue weighted by atomic mass is 10.2. The van der Waals surface area contributed by atoms with Crippen LogP contribution in [-0.4, -0.2) is 21.5 Å². The van der Waals surface area contributed by atoms with Crippen LogP contribution in [0.25, 0.3) is 22.4 Å².